The first-order valence-electron chi connectivity index (χ1n) is 19.5. The van der Waals surface area contributed by atoms with Crippen LogP contribution in [0, 0.1) is 0 Å². The Morgan fingerprint density at radius 1 is 0.879 bits per heavy atom. The van der Waals surface area contributed by atoms with Crippen molar-refractivity contribution in [1.29, 1.82) is 0 Å². The van der Waals surface area contributed by atoms with Crippen LogP contribution in [0.5, 0.6) is 17.2 Å². The van der Waals surface area contributed by atoms with E-state index in [9.17, 15) is 44.7 Å². The largest absolute Gasteiger partial charge is 0.507 e. The summed E-state index contributed by atoms with van der Waals surface area (Å²) < 4.78 is 42.5. The lowest BCUT2D eigenvalue weighted by atomic mass is 9.72. The van der Waals surface area contributed by atoms with Gasteiger partial charge in [0.2, 0.25) is 5.78 Å². The lowest BCUT2D eigenvalue weighted by molar-refractivity contribution is -0.324. The molecule has 3 fully saturated rings. The van der Waals surface area contributed by atoms with Gasteiger partial charge in [-0.3, -0.25) is 19.2 Å². The molecule has 58 heavy (non-hydrogen) atoms. The van der Waals surface area contributed by atoms with Crippen molar-refractivity contribution in [2.75, 3.05) is 27.8 Å². The number of phenolic OH excluding ortho intramolecular Hbond substituents is 2. The number of benzene rings is 2. The number of phenols is 2. The fourth-order valence-electron chi connectivity index (χ4n) is 8.98. The fraction of sp³-hybridized carbons (Fsp3) is 0.610. The van der Waals surface area contributed by atoms with E-state index in [0.29, 0.717) is 12.8 Å². The summed E-state index contributed by atoms with van der Waals surface area (Å²) in [5.74, 6) is -3.84. The van der Waals surface area contributed by atoms with E-state index in [1.165, 1.54) is 25.3 Å². The van der Waals surface area contributed by atoms with Crippen molar-refractivity contribution in [2.24, 2.45) is 0 Å². The van der Waals surface area contributed by atoms with Crippen LogP contribution in [-0.2, 0) is 44.4 Å². The molecular weight excluding hydrogens is 762 g/mol. The number of Topliss-reactive ketones (excluding diaryl/α,β-unsaturated/α-hetero) is 2. The predicted octanol–water partition coefficient (Wildman–Crippen LogP) is 1.60. The van der Waals surface area contributed by atoms with E-state index in [2.05, 4.69) is 0 Å². The highest BCUT2D eigenvalue weighted by molar-refractivity contribution is 6.31. The van der Waals surface area contributed by atoms with E-state index < -0.39 is 133 Å². The van der Waals surface area contributed by atoms with Crippen molar-refractivity contribution in [2.45, 2.75) is 133 Å². The lowest BCUT2D eigenvalue weighted by Crippen LogP contribution is -2.58. The minimum absolute atomic E-state index is 0.00593. The normalized spacial score (nSPS) is 35.0. The maximum absolute atomic E-state index is 14.0. The summed E-state index contributed by atoms with van der Waals surface area (Å²) >= 11 is 0. The average Bonchev–Trinajstić information content (AvgIpc) is 3.17. The van der Waals surface area contributed by atoms with Gasteiger partial charge >= 0.3 is 0 Å². The summed E-state index contributed by atoms with van der Waals surface area (Å²) in [5.41, 5.74) is -3.73. The average molecular weight is 814 g/mol. The summed E-state index contributed by atoms with van der Waals surface area (Å²) in [6, 6.07) is 3.98. The molecule has 316 valence electrons. The van der Waals surface area contributed by atoms with Gasteiger partial charge in [-0.15, -0.1) is 0 Å². The molecule has 3 heterocycles. The van der Waals surface area contributed by atoms with Crippen LogP contribution in [0.4, 0.5) is 0 Å². The van der Waals surface area contributed by atoms with Crippen LogP contribution in [0.3, 0.4) is 0 Å². The Bertz CT molecular complexity index is 1960. The number of carbonyl (C=O) groups is 4. The smallest absolute Gasteiger partial charge is 0.202 e. The summed E-state index contributed by atoms with van der Waals surface area (Å²) in [7, 11) is 4.98. The Morgan fingerprint density at radius 3 is 2.17 bits per heavy atom. The Labute approximate surface area is 334 Å². The van der Waals surface area contributed by atoms with Crippen LogP contribution in [0.2, 0.25) is 0 Å². The van der Waals surface area contributed by atoms with Gasteiger partial charge in [0.15, 0.2) is 36.2 Å². The van der Waals surface area contributed by atoms with Crippen molar-refractivity contribution in [3.63, 3.8) is 0 Å². The molecule has 0 bridgehead atoms. The van der Waals surface area contributed by atoms with Crippen molar-refractivity contribution in [3.05, 3.63) is 51.6 Å². The molecule has 7 rings (SSSR count). The molecular formula is C41H51NO16. The number of methoxy groups -OCH3 is 1. The molecule has 0 amide bonds. The molecule has 0 radical (unpaired) electrons. The van der Waals surface area contributed by atoms with E-state index >= 15 is 0 Å². The number of aromatic hydroxyl groups is 2. The number of nitrogens with zero attached hydrogens (tertiary/aromatic N) is 1. The van der Waals surface area contributed by atoms with E-state index in [0.717, 1.165) is 0 Å². The molecule has 12 atom stereocenters. The van der Waals surface area contributed by atoms with Gasteiger partial charge in [-0.1, -0.05) is 12.1 Å². The minimum atomic E-state index is -2.30. The number of fused-ring (bicyclic) bond motifs is 3. The third-order valence-electron chi connectivity index (χ3n) is 12.1. The second-order valence-electron chi connectivity index (χ2n) is 16.0. The van der Waals surface area contributed by atoms with Gasteiger partial charge in [0.1, 0.15) is 47.8 Å². The first-order valence-corrected chi connectivity index (χ1v) is 19.5. The highest BCUT2D eigenvalue weighted by atomic mass is 16.7. The summed E-state index contributed by atoms with van der Waals surface area (Å²) in [6.45, 7) is 4.13. The van der Waals surface area contributed by atoms with Crippen molar-refractivity contribution in [3.8, 4) is 17.2 Å². The topological polar surface area (TPSA) is 237 Å². The van der Waals surface area contributed by atoms with E-state index in [1.54, 1.807) is 20.8 Å². The van der Waals surface area contributed by atoms with Gasteiger partial charge in [0.05, 0.1) is 48.2 Å². The van der Waals surface area contributed by atoms with Gasteiger partial charge in [-0.05, 0) is 40.9 Å². The third kappa shape index (κ3) is 7.46. The molecule has 5 N–H and O–H groups in total. The number of rotatable bonds is 10. The molecule has 2 aromatic carbocycles. The molecule has 3 saturated heterocycles. The second-order valence-corrected chi connectivity index (χ2v) is 16.0. The van der Waals surface area contributed by atoms with Gasteiger partial charge in [0, 0.05) is 61.3 Å². The van der Waals surface area contributed by atoms with Crippen LogP contribution in [-0.4, -0.2) is 149 Å². The van der Waals surface area contributed by atoms with Gasteiger partial charge in [0.25, 0.3) is 0 Å². The summed E-state index contributed by atoms with van der Waals surface area (Å²) in [5, 5.41) is 56.2. The molecule has 17 heteroatoms. The number of likely N-dealkylation sites (N-methyl/N-ethyl adjacent to an activating group) is 1. The molecule has 5 aliphatic rings. The zero-order chi connectivity index (χ0) is 42.0. The number of hydrogen-bond donors (Lipinski definition) is 5. The molecule has 2 aliphatic carbocycles. The molecule has 17 nitrogen and oxygen atoms in total. The molecule has 0 saturated carbocycles. The lowest BCUT2D eigenvalue weighted by Gasteiger charge is -2.47. The van der Waals surface area contributed by atoms with Gasteiger partial charge in [-0.2, -0.15) is 0 Å². The third-order valence-corrected chi connectivity index (χ3v) is 12.1. The fourth-order valence-corrected chi connectivity index (χ4v) is 8.98. The number of ketones is 4. The molecule has 0 aromatic heterocycles. The second kappa shape index (κ2) is 16.3. The molecule has 0 unspecified atom stereocenters. The van der Waals surface area contributed by atoms with Gasteiger partial charge < -0.3 is 63.6 Å². The van der Waals surface area contributed by atoms with Crippen molar-refractivity contribution >= 4 is 23.1 Å². The van der Waals surface area contributed by atoms with E-state index in [-0.39, 0.29) is 46.6 Å². The highest BCUT2D eigenvalue weighted by Gasteiger charge is 2.51. The SMILES string of the molecule is COc1cccc2c1C(=O)c1c(O)c3c(c(O)c1C2=O)C[C@@](O)(C(=O)CO)C[C@@H]3O[C@H]1C[C@H](N(C)C)[C@H](O[C@H]2C[C@H](O)[C@H](O[C@H]3CCC(=O)[C@H](C)O3)[C@H](C)O2)[C@H](C)O1. The Hall–Kier alpha value is -3.88. The molecule has 2 aromatic rings. The zero-order valence-corrected chi connectivity index (χ0v) is 33.2. The monoisotopic (exact) mass is 813 g/mol. The number of hydrogen-bond acceptors (Lipinski definition) is 17. The first kappa shape index (κ1) is 42.3. The summed E-state index contributed by atoms with van der Waals surface area (Å²) in [4.78, 5) is 54.7. The number of carbonyl (C=O) groups excluding carboxylic acids is 4. The van der Waals surface area contributed by atoms with Crippen LogP contribution in [0.25, 0.3) is 0 Å². The van der Waals surface area contributed by atoms with Crippen LogP contribution in [0.1, 0.15) is 102 Å². The first-order chi connectivity index (χ1) is 27.5. The number of aliphatic hydroxyl groups excluding tert-OH is 2. The van der Waals surface area contributed by atoms with Crippen molar-refractivity contribution in [1.82, 2.24) is 4.90 Å². The number of ether oxygens (including phenoxy) is 7. The van der Waals surface area contributed by atoms with Crippen LogP contribution in [0.15, 0.2) is 18.2 Å². The minimum Gasteiger partial charge on any atom is -0.507 e. The Morgan fingerprint density at radius 2 is 1.53 bits per heavy atom. The quantitative estimate of drug-likeness (QED) is 0.183. The van der Waals surface area contributed by atoms with Gasteiger partial charge in [-0.25, -0.2) is 0 Å². The highest BCUT2D eigenvalue weighted by Crippen LogP contribution is 2.52. The Balaban J connectivity index is 1.13. The van der Waals surface area contributed by atoms with E-state index in [1.807, 2.05) is 19.0 Å². The summed E-state index contributed by atoms with van der Waals surface area (Å²) in [6.07, 6.45) is -8.36. The molecule has 0 spiro atoms. The number of aliphatic hydroxyl groups is 3. The van der Waals surface area contributed by atoms with Crippen LogP contribution < -0.4 is 4.74 Å². The predicted molar refractivity (Wildman–Crippen MR) is 199 cm³/mol. The van der Waals surface area contributed by atoms with Crippen molar-refractivity contribution < 1.29 is 77.9 Å². The maximum atomic E-state index is 14.0. The zero-order valence-electron chi connectivity index (χ0n) is 33.2. The standard InChI is InChI=1S/C41H51NO16/c1-17-23(44)10-11-28(53-17)57-40-19(3)55-30(13-24(40)45)58-39-18(2)54-29(12-22(39)42(4)5)56-26-15-41(51,27(46)16-43)14-21-32(26)38(50)34-33(36(21)48)35(47)20-8-7-9-25(52-6)31(20)37(34)49/h7-9,17-19,22,24,26,28-30,39-40,43,45,48,50-51H,10-16H2,1-6H3/t17-,18-,19-,22-,24-,26-,28-,29-,30-,39+,40+,41-/m0/s1. The Kier molecular flexibility index (Phi) is 11.9. The van der Waals surface area contributed by atoms with Crippen LogP contribution >= 0.6 is 0 Å². The van der Waals surface area contributed by atoms with E-state index in [4.69, 9.17) is 33.2 Å². The maximum Gasteiger partial charge on any atom is 0.202 e. The molecule has 3 aliphatic heterocycles.